The third-order valence-corrected chi connectivity index (χ3v) is 6.67. The summed E-state index contributed by atoms with van der Waals surface area (Å²) in [7, 11) is -3.41. The Morgan fingerprint density at radius 1 is 1.16 bits per heavy atom. The van der Waals surface area contributed by atoms with E-state index in [1.807, 2.05) is 6.92 Å². The number of piperazine rings is 1. The van der Waals surface area contributed by atoms with Crippen LogP contribution in [0.1, 0.15) is 19.8 Å². The van der Waals surface area contributed by atoms with Crippen LogP contribution in [0.2, 0.25) is 0 Å². The molecule has 0 spiro atoms. The minimum absolute atomic E-state index is 0. The Morgan fingerprint density at radius 3 is 2.40 bits per heavy atom. The molecule has 2 aliphatic rings. The molecule has 0 bridgehead atoms. The number of ether oxygens (including phenoxy) is 1. The van der Waals surface area contributed by atoms with Crippen LogP contribution in [-0.4, -0.2) is 69.5 Å². The van der Waals surface area contributed by atoms with Gasteiger partial charge in [0.15, 0.2) is 0 Å². The lowest BCUT2D eigenvalue weighted by atomic mass is 10.2. The van der Waals surface area contributed by atoms with Crippen LogP contribution in [0.25, 0.3) is 0 Å². The predicted octanol–water partition coefficient (Wildman–Crippen LogP) is 1.57. The lowest BCUT2D eigenvalue weighted by Gasteiger charge is -2.37. The van der Waals surface area contributed by atoms with E-state index in [-0.39, 0.29) is 12.4 Å². The minimum atomic E-state index is -3.41. The molecule has 1 aromatic rings. The summed E-state index contributed by atoms with van der Waals surface area (Å²) < 4.78 is 32.7. The number of rotatable bonds is 6. The van der Waals surface area contributed by atoms with Gasteiger partial charge in [-0.3, -0.25) is 4.90 Å². The summed E-state index contributed by atoms with van der Waals surface area (Å²) in [5, 5.41) is 3.37. The summed E-state index contributed by atoms with van der Waals surface area (Å²) in [5.74, 6) is 0.717. The highest BCUT2D eigenvalue weighted by molar-refractivity contribution is 7.89. The third kappa shape index (κ3) is 4.86. The second kappa shape index (κ2) is 9.19. The van der Waals surface area contributed by atoms with Crippen molar-refractivity contribution in [2.75, 3.05) is 45.9 Å². The van der Waals surface area contributed by atoms with Crippen LogP contribution in [0.5, 0.6) is 5.75 Å². The molecule has 0 radical (unpaired) electrons. The van der Waals surface area contributed by atoms with Gasteiger partial charge in [0.2, 0.25) is 10.0 Å². The van der Waals surface area contributed by atoms with E-state index in [1.54, 1.807) is 28.6 Å². The number of hydrogen-bond donors (Lipinski definition) is 1. The van der Waals surface area contributed by atoms with Gasteiger partial charge in [0.05, 0.1) is 11.5 Å². The number of sulfonamides is 1. The van der Waals surface area contributed by atoms with E-state index in [1.165, 1.54) is 0 Å². The Morgan fingerprint density at radius 2 is 1.84 bits per heavy atom. The molecular weight excluding hydrogens is 362 g/mol. The average Bonchev–Trinajstić information content (AvgIpc) is 3.15. The van der Waals surface area contributed by atoms with Crippen LogP contribution >= 0.6 is 12.4 Å². The zero-order chi connectivity index (χ0) is 17.0. The molecular formula is C17H28ClN3O3S. The van der Waals surface area contributed by atoms with Gasteiger partial charge in [-0.15, -0.1) is 12.4 Å². The molecule has 6 nitrogen and oxygen atoms in total. The summed E-state index contributed by atoms with van der Waals surface area (Å²) in [4.78, 5) is 2.76. The second-order valence-corrected chi connectivity index (χ2v) is 8.34. The van der Waals surface area contributed by atoms with E-state index < -0.39 is 10.0 Å². The summed E-state index contributed by atoms with van der Waals surface area (Å²) in [6.07, 6.45) is 2.09. The van der Waals surface area contributed by atoms with E-state index in [0.29, 0.717) is 36.4 Å². The van der Waals surface area contributed by atoms with Crippen molar-refractivity contribution in [3.05, 3.63) is 24.3 Å². The van der Waals surface area contributed by atoms with Gasteiger partial charge in [0.1, 0.15) is 5.75 Å². The van der Waals surface area contributed by atoms with Crippen molar-refractivity contribution in [3.63, 3.8) is 0 Å². The smallest absolute Gasteiger partial charge is 0.243 e. The fraction of sp³-hybridized carbons (Fsp3) is 0.647. The Bertz CT molecular complexity index is 625. The summed E-state index contributed by atoms with van der Waals surface area (Å²) in [6.45, 7) is 7.51. The summed E-state index contributed by atoms with van der Waals surface area (Å²) >= 11 is 0. The predicted molar refractivity (Wildman–Crippen MR) is 101 cm³/mol. The van der Waals surface area contributed by atoms with Crippen LogP contribution in [0.15, 0.2) is 29.2 Å². The molecule has 1 unspecified atom stereocenters. The van der Waals surface area contributed by atoms with Gasteiger partial charge in [0, 0.05) is 38.8 Å². The number of halogens is 1. The second-order valence-electron chi connectivity index (χ2n) is 6.41. The SMILES string of the molecule is CCCOc1ccc(S(=O)(=O)N2CCN(C3CCNC3)CC2)cc1.Cl. The highest BCUT2D eigenvalue weighted by Crippen LogP contribution is 2.22. The highest BCUT2D eigenvalue weighted by Gasteiger charge is 2.31. The maximum absolute atomic E-state index is 12.8. The maximum Gasteiger partial charge on any atom is 0.243 e. The van der Waals surface area contributed by atoms with Crippen LogP contribution in [-0.2, 0) is 10.0 Å². The molecule has 8 heteroatoms. The van der Waals surface area contributed by atoms with Crippen molar-refractivity contribution in [3.8, 4) is 5.75 Å². The van der Waals surface area contributed by atoms with Crippen molar-refractivity contribution in [1.82, 2.24) is 14.5 Å². The molecule has 142 valence electrons. The van der Waals surface area contributed by atoms with Gasteiger partial charge in [-0.1, -0.05) is 6.92 Å². The first-order chi connectivity index (χ1) is 11.6. The number of benzene rings is 1. The lowest BCUT2D eigenvalue weighted by Crippen LogP contribution is -2.52. The standard InChI is InChI=1S/C17H27N3O3S.ClH/c1-2-13-23-16-3-5-17(6-4-16)24(21,22)20-11-9-19(10-12-20)15-7-8-18-14-15;/h3-6,15,18H,2,7-14H2,1H3;1H. The quantitative estimate of drug-likeness (QED) is 0.800. The van der Waals surface area contributed by atoms with Crippen LogP contribution < -0.4 is 10.1 Å². The fourth-order valence-corrected chi connectivity index (χ4v) is 4.76. The van der Waals surface area contributed by atoms with Crippen molar-refractivity contribution < 1.29 is 13.2 Å². The zero-order valence-corrected chi connectivity index (χ0v) is 16.3. The van der Waals surface area contributed by atoms with Crippen molar-refractivity contribution in [1.29, 1.82) is 0 Å². The van der Waals surface area contributed by atoms with Gasteiger partial charge < -0.3 is 10.1 Å². The molecule has 2 heterocycles. The zero-order valence-electron chi connectivity index (χ0n) is 14.7. The first-order valence-electron chi connectivity index (χ1n) is 8.79. The van der Waals surface area contributed by atoms with Gasteiger partial charge in [0.25, 0.3) is 0 Å². The molecule has 0 saturated carbocycles. The van der Waals surface area contributed by atoms with Crippen LogP contribution in [0.4, 0.5) is 0 Å². The number of nitrogens with one attached hydrogen (secondary N) is 1. The summed E-state index contributed by atoms with van der Waals surface area (Å²) in [6, 6.07) is 7.33. The topological polar surface area (TPSA) is 61.9 Å². The normalized spacial score (nSPS) is 22.5. The molecule has 3 rings (SSSR count). The summed E-state index contributed by atoms with van der Waals surface area (Å²) in [5.41, 5.74) is 0. The monoisotopic (exact) mass is 389 g/mol. The third-order valence-electron chi connectivity index (χ3n) is 4.76. The van der Waals surface area contributed by atoms with Gasteiger partial charge in [-0.25, -0.2) is 8.42 Å². The molecule has 1 atom stereocenters. The molecule has 1 aromatic carbocycles. The Labute approximate surface area is 157 Å². The van der Waals surface area contributed by atoms with E-state index in [9.17, 15) is 8.42 Å². The Kier molecular flexibility index (Phi) is 7.51. The highest BCUT2D eigenvalue weighted by atomic mass is 35.5. The van der Waals surface area contributed by atoms with Gasteiger partial charge in [-0.05, 0) is 43.7 Å². The molecule has 2 aliphatic heterocycles. The van der Waals surface area contributed by atoms with E-state index in [0.717, 1.165) is 39.0 Å². The average molecular weight is 390 g/mol. The fourth-order valence-electron chi connectivity index (χ4n) is 3.34. The van der Waals surface area contributed by atoms with Crippen molar-refractivity contribution >= 4 is 22.4 Å². The van der Waals surface area contributed by atoms with Crippen molar-refractivity contribution in [2.45, 2.75) is 30.7 Å². The first kappa shape index (κ1) is 20.5. The Hall–Kier alpha value is -0.860. The first-order valence-corrected chi connectivity index (χ1v) is 10.2. The lowest BCUT2D eigenvalue weighted by molar-refractivity contribution is 0.145. The number of nitrogens with zero attached hydrogens (tertiary/aromatic N) is 2. The van der Waals surface area contributed by atoms with Gasteiger partial charge >= 0.3 is 0 Å². The molecule has 0 amide bonds. The van der Waals surface area contributed by atoms with E-state index in [2.05, 4.69) is 10.2 Å². The maximum atomic E-state index is 12.8. The van der Waals surface area contributed by atoms with Crippen LogP contribution in [0, 0.1) is 0 Å². The van der Waals surface area contributed by atoms with E-state index >= 15 is 0 Å². The molecule has 25 heavy (non-hydrogen) atoms. The largest absolute Gasteiger partial charge is 0.494 e. The van der Waals surface area contributed by atoms with Crippen LogP contribution in [0.3, 0.4) is 0 Å². The minimum Gasteiger partial charge on any atom is -0.494 e. The molecule has 0 aliphatic carbocycles. The number of hydrogen-bond acceptors (Lipinski definition) is 5. The molecule has 2 saturated heterocycles. The van der Waals surface area contributed by atoms with Crippen molar-refractivity contribution in [2.24, 2.45) is 0 Å². The Balaban J connectivity index is 0.00000225. The molecule has 2 fully saturated rings. The molecule has 1 N–H and O–H groups in total. The van der Waals surface area contributed by atoms with Gasteiger partial charge in [-0.2, -0.15) is 4.31 Å². The molecule has 0 aromatic heterocycles. The van der Waals surface area contributed by atoms with E-state index in [4.69, 9.17) is 4.74 Å².